The maximum atomic E-state index is 2.43. The molecule has 1 nitrogen and oxygen atoms in total. The number of fused-ring (bicyclic) bond motifs is 6. The van der Waals surface area contributed by atoms with Crippen molar-refractivity contribution >= 4 is 53.3 Å². The van der Waals surface area contributed by atoms with E-state index in [1.54, 1.807) is 0 Å². The minimum atomic E-state index is 1.18. The van der Waals surface area contributed by atoms with Crippen molar-refractivity contribution in [2.24, 2.45) is 0 Å². The first kappa shape index (κ1) is 21.4. The largest absolute Gasteiger partial charge is 0.309 e. The molecule has 2 heterocycles. The lowest BCUT2D eigenvalue weighted by atomic mass is 10.0. The lowest BCUT2D eigenvalue weighted by molar-refractivity contribution is 1.18. The maximum absolute atomic E-state index is 2.43. The fraction of sp³-hybridized carbons (Fsp3) is 0. The first-order chi connectivity index (χ1) is 18.8. The quantitative estimate of drug-likeness (QED) is 0.227. The molecule has 0 fully saturated rings. The lowest BCUT2D eigenvalue weighted by Gasteiger charge is -2.10. The second kappa shape index (κ2) is 8.44. The Bertz CT molecular complexity index is 2100. The molecule has 8 rings (SSSR count). The van der Waals surface area contributed by atoms with E-state index in [0.29, 0.717) is 0 Å². The van der Waals surface area contributed by atoms with Gasteiger partial charge in [-0.1, -0.05) is 97.1 Å². The summed E-state index contributed by atoms with van der Waals surface area (Å²) in [6.07, 6.45) is 0. The van der Waals surface area contributed by atoms with E-state index < -0.39 is 0 Å². The summed E-state index contributed by atoms with van der Waals surface area (Å²) in [5.74, 6) is 0. The van der Waals surface area contributed by atoms with Crippen LogP contribution in [0.1, 0.15) is 0 Å². The van der Waals surface area contributed by atoms with E-state index in [-0.39, 0.29) is 0 Å². The maximum Gasteiger partial charge on any atom is 0.0548 e. The Kier molecular flexibility index (Phi) is 4.76. The molecule has 0 aliphatic carbocycles. The van der Waals surface area contributed by atoms with E-state index in [9.17, 15) is 0 Å². The van der Waals surface area contributed by atoms with E-state index in [1.807, 2.05) is 11.3 Å². The van der Waals surface area contributed by atoms with Gasteiger partial charge in [0.25, 0.3) is 0 Å². The summed E-state index contributed by atoms with van der Waals surface area (Å²) in [4.78, 5) is 0. The molecule has 0 saturated heterocycles. The fourth-order valence-corrected chi connectivity index (χ4v) is 6.89. The molecule has 0 spiro atoms. The average molecular weight is 502 g/mol. The molecule has 6 aromatic carbocycles. The molecular weight excluding hydrogens is 478 g/mol. The van der Waals surface area contributed by atoms with Crippen molar-refractivity contribution in [2.45, 2.75) is 0 Å². The second-order valence-corrected chi connectivity index (χ2v) is 10.9. The van der Waals surface area contributed by atoms with Gasteiger partial charge in [0.2, 0.25) is 0 Å². The summed E-state index contributed by atoms with van der Waals surface area (Å²) in [6, 6.07) is 50.7. The third-order valence-corrected chi connectivity index (χ3v) is 8.74. The van der Waals surface area contributed by atoms with Crippen molar-refractivity contribution in [3.8, 4) is 27.9 Å². The number of benzene rings is 6. The van der Waals surface area contributed by atoms with Crippen molar-refractivity contribution in [2.75, 3.05) is 0 Å². The van der Waals surface area contributed by atoms with Crippen molar-refractivity contribution in [3.63, 3.8) is 0 Å². The standard InChI is InChI=1S/C36H23NS/c1-3-9-24(10-4-1)26-15-18-28(19-16-26)37-33-20-17-27(25-11-5-2-6-12-25)21-30(33)31-23-36-32(22-34(31)37)29-13-7-8-14-35(29)38-36/h1-23H. The van der Waals surface area contributed by atoms with Gasteiger partial charge in [-0.3, -0.25) is 0 Å². The van der Waals surface area contributed by atoms with Crippen LogP contribution in [0.25, 0.3) is 69.9 Å². The van der Waals surface area contributed by atoms with E-state index in [1.165, 1.54) is 69.9 Å². The molecular formula is C36H23NS. The van der Waals surface area contributed by atoms with Crippen molar-refractivity contribution in [3.05, 3.63) is 140 Å². The normalized spacial score (nSPS) is 11.7. The zero-order valence-corrected chi connectivity index (χ0v) is 21.5. The average Bonchev–Trinajstić information content (AvgIpc) is 3.51. The van der Waals surface area contributed by atoms with E-state index >= 15 is 0 Å². The van der Waals surface area contributed by atoms with Crippen LogP contribution >= 0.6 is 11.3 Å². The highest BCUT2D eigenvalue weighted by Crippen LogP contribution is 2.41. The van der Waals surface area contributed by atoms with Crippen LogP contribution in [0.5, 0.6) is 0 Å². The highest BCUT2D eigenvalue weighted by Gasteiger charge is 2.16. The van der Waals surface area contributed by atoms with Gasteiger partial charge < -0.3 is 4.57 Å². The minimum Gasteiger partial charge on any atom is -0.309 e. The highest BCUT2D eigenvalue weighted by molar-refractivity contribution is 7.25. The van der Waals surface area contributed by atoms with Gasteiger partial charge in [0.1, 0.15) is 0 Å². The monoisotopic (exact) mass is 501 g/mol. The molecule has 178 valence electrons. The van der Waals surface area contributed by atoms with Crippen molar-refractivity contribution in [1.82, 2.24) is 4.57 Å². The Morgan fingerprint density at radius 3 is 1.74 bits per heavy atom. The molecule has 0 radical (unpaired) electrons. The number of hydrogen-bond acceptors (Lipinski definition) is 1. The zero-order valence-electron chi connectivity index (χ0n) is 20.6. The summed E-state index contributed by atoms with van der Waals surface area (Å²) in [5, 5.41) is 5.23. The van der Waals surface area contributed by atoms with Gasteiger partial charge in [-0.2, -0.15) is 0 Å². The van der Waals surface area contributed by atoms with Crippen LogP contribution in [0.4, 0.5) is 0 Å². The van der Waals surface area contributed by atoms with Crippen molar-refractivity contribution in [1.29, 1.82) is 0 Å². The molecule has 0 atom stereocenters. The molecule has 0 unspecified atom stereocenters. The third kappa shape index (κ3) is 3.31. The number of rotatable bonds is 3. The van der Waals surface area contributed by atoms with Crippen molar-refractivity contribution < 1.29 is 0 Å². The van der Waals surface area contributed by atoms with Crippen LogP contribution in [0.2, 0.25) is 0 Å². The molecule has 0 bridgehead atoms. The molecule has 0 amide bonds. The van der Waals surface area contributed by atoms with E-state index in [2.05, 4.69) is 144 Å². The molecule has 38 heavy (non-hydrogen) atoms. The third-order valence-electron chi connectivity index (χ3n) is 7.60. The predicted molar refractivity (Wildman–Crippen MR) is 165 cm³/mol. The van der Waals surface area contributed by atoms with E-state index in [4.69, 9.17) is 0 Å². The fourth-order valence-electron chi connectivity index (χ4n) is 5.76. The molecule has 8 aromatic rings. The van der Waals surface area contributed by atoms with Gasteiger partial charge in [-0.05, 0) is 64.7 Å². The van der Waals surface area contributed by atoms with Gasteiger partial charge in [0.15, 0.2) is 0 Å². The van der Waals surface area contributed by atoms with Crippen LogP contribution in [0.15, 0.2) is 140 Å². The number of thiophene rings is 1. The Morgan fingerprint density at radius 1 is 0.368 bits per heavy atom. The van der Waals surface area contributed by atoms with Crippen LogP contribution in [-0.2, 0) is 0 Å². The number of hydrogen-bond donors (Lipinski definition) is 0. The second-order valence-electron chi connectivity index (χ2n) is 9.81. The summed E-state index contributed by atoms with van der Waals surface area (Å²) in [6.45, 7) is 0. The predicted octanol–water partition coefficient (Wildman–Crippen LogP) is 10.5. The zero-order chi connectivity index (χ0) is 25.1. The lowest BCUT2D eigenvalue weighted by Crippen LogP contribution is -1.93. The summed E-state index contributed by atoms with van der Waals surface area (Å²) in [5.41, 5.74) is 8.60. The molecule has 2 heteroatoms. The van der Waals surface area contributed by atoms with Gasteiger partial charge in [0.05, 0.1) is 11.0 Å². The summed E-state index contributed by atoms with van der Waals surface area (Å²) < 4.78 is 5.10. The molecule has 0 aliphatic heterocycles. The Balaban J connectivity index is 1.42. The van der Waals surface area contributed by atoms with Gasteiger partial charge in [-0.25, -0.2) is 0 Å². The van der Waals surface area contributed by atoms with Crippen LogP contribution in [0, 0.1) is 0 Å². The van der Waals surface area contributed by atoms with Crippen LogP contribution < -0.4 is 0 Å². The number of nitrogens with zero attached hydrogens (tertiary/aromatic N) is 1. The first-order valence-corrected chi connectivity index (χ1v) is 13.8. The smallest absolute Gasteiger partial charge is 0.0548 e. The Morgan fingerprint density at radius 2 is 0.974 bits per heavy atom. The Hall–Kier alpha value is -4.66. The summed E-state index contributed by atoms with van der Waals surface area (Å²) in [7, 11) is 0. The first-order valence-electron chi connectivity index (χ1n) is 12.9. The number of aromatic nitrogens is 1. The van der Waals surface area contributed by atoms with Crippen LogP contribution in [-0.4, -0.2) is 4.57 Å². The highest BCUT2D eigenvalue weighted by atomic mass is 32.1. The molecule has 0 saturated carbocycles. The van der Waals surface area contributed by atoms with Gasteiger partial charge in [0, 0.05) is 36.6 Å². The Labute approximate surface area is 224 Å². The molecule has 0 aliphatic rings. The van der Waals surface area contributed by atoms with Gasteiger partial charge >= 0.3 is 0 Å². The summed E-state index contributed by atoms with van der Waals surface area (Å²) >= 11 is 1.88. The van der Waals surface area contributed by atoms with Gasteiger partial charge in [-0.15, -0.1) is 11.3 Å². The molecule has 2 aromatic heterocycles. The van der Waals surface area contributed by atoms with E-state index in [0.717, 1.165) is 0 Å². The minimum absolute atomic E-state index is 1.18. The SMILES string of the molecule is c1ccc(-c2ccc(-n3c4ccc(-c5ccccc5)cc4c4cc5sc6ccccc6c5cc43)cc2)cc1. The topological polar surface area (TPSA) is 4.93 Å². The van der Waals surface area contributed by atoms with Crippen LogP contribution in [0.3, 0.4) is 0 Å². The molecule has 0 N–H and O–H groups in total.